The molecule has 3 heterocycles. The van der Waals surface area contributed by atoms with Crippen molar-refractivity contribution in [3.63, 3.8) is 0 Å². The van der Waals surface area contributed by atoms with E-state index in [9.17, 15) is 0 Å². The highest BCUT2D eigenvalue weighted by molar-refractivity contribution is 7.99. The number of fused-ring (bicyclic) bond motifs is 3. The molecule has 1 N–H and O–H groups in total. The predicted molar refractivity (Wildman–Crippen MR) is 157 cm³/mol. The molecule has 1 aliphatic carbocycles. The molecule has 0 saturated heterocycles. The molecule has 1 unspecified atom stereocenters. The van der Waals surface area contributed by atoms with E-state index in [1.165, 1.54) is 32.1 Å². The number of aliphatic imine (C=N–C) groups is 1. The number of benzene rings is 3. The van der Waals surface area contributed by atoms with Gasteiger partial charge >= 0.3 is 0 Å². The molecule has 0 amide bonds. The zero-order valence-electron chi connectivity index (χ0n) is 21.3. The van der Waals surface area contributed by atoms with Crippen LogP contribution >= 0.6 is 11.8 Å². The number of pyridine rings is 1. The quantitative estimate of drug-likeness (QED) is 0.306. The van der Waals surface area contributed by atoms with Crippen LogP contribution in [0.5, 0.6) is 0 Å². The summed E-state index contributed by atoms with van der Waals surface area (Å²) in [5.41, 5.74) is 9.15. The van der Waals surface area contributed by atoms with Crippen LogP contribution in [0.15, 0.2) is 136 Å². The first-order chi connectivity index (χ1) is 18.6. The molecule has 4 heteroatoms. The summed E-state index contributed by atoms with van der Waals surface area (Å²) in [6, 6.07) is 30.0. The van der Waals surface area contributed by atoms with Crippen molar-refractivity contribution in [2.24, 2.45) is 4.99 Å². The summed E-state index contributed by atoms with van der Waals surface area (Å²) in [4.78, 5) is 12.5. The molecule has 38 heavy (non-hydrogen) atoms. The smallest absolute Gasteiger partial charge is 0.134 e. The molecule has 1 aromatic heterocycles. The first-order valence-corrected chi connectivity index (χ1v) is 13.8. The first-order valence-electron chi connectivity index (χ1n) is 13.0. The SMILES string of the molecule is CC1(C)c2ccccc2Sc2c(C3=C4C=CC=CC4NC(c4cccc(-c5ccccn5)c4)=N3)cccc21. The van der Waals surface area contributed by atoms with Crippen molar-refractivity contribution >= 4 is 23.3 Å². The van der Waals surface area contributed by atoms with Crippen LogP contribution in [0.3, 0.4) is 0 Å². The second-order valence-corrected chi connectivity index (χ2v) is 11.4. The van der Waals surface area contributed by atoms with Crippen molar-refractivity contribution in [3.05, 3.63) is 143 Å². The molecule has 1 atom stereocenters. The number of aromatic nitrogens is 1. The highest BCUT2D eigenvalue weighted by Crippen LogP contribution is 2.51. The summed E-state index contributed by atoms with van der Waals surface area (Å²) in [5, 5.41) is 3.69. The zero-order chi connectivity index (χ0) is 25.7. The third kappa shape index (κ3) is 3.75. The molecule has 184 valence electrons. The van der Waals surface area contributed by atoms with Crippen LogP contribution in [0, 0.1) is 0 Å². The van der Waals surface area contributed by atoms with Crippen LogP contribution in [-0.4, -0.2) is 16.9 Å². The Bertz CT molecular complexity index is 1690. The number of rotatable bonds is 3. The Labute approximate surface area is 227 Å². The van der Waals surface area contributed by atoms with Gasteiger partial charge in [0, 0.05) is 43.7 Å². The average molecular weight is 510 g/mol. The summed E-state index contributed by atoms with van der Waals surface area (Å²) in [6.45, 7) is 4.66. The summed E-state index contributed by atoms with van der Waals surface area (Å²) in [5.74, 6) is 0.879. The van der Waals surface area contributed by atoms with Gasteiger partial charge in [-0.05, 0) is 35.4 Å². The molecule has 0 spiro atoms. The summed E-state index contributed by atoms with van der Waals surface area (Å²) >= 11 is 1.87. The predicted octanol–water partition coefficient (Wildman–Crippen LogP) is 7.79. The topological polar surface area (TPSA) is 37.3 Å². The molecular formula is C34H27N3S. The maximum atomic E-state index is 5.32. The zero-order valence-corrected chi connectivity index (χ0v) is 22.2. The largest absolute Gasteiger partial charge is 0.359 e. The maximum Gasteiger partial charge on any atom is 0.134 e. The van der Waals surface area contributed by atoms with E-state index in [4.69, 9.17) is 4.99 Å². The van der Waals surface area contributed by atoms with Crippen molar-refractivity contribution in [1.82, 2.24) is 10.3 Å². The number of hydrogen-bond donors (Lipinski definition) is 1. The Kier molecular flexibility index (Phi) is 5.45. The maximum absolute atomic E-state index is 5.32. The van der Waals surface area contributed by atoms with Crippen molar-refractivity contribution in [2.45, 2.75) is 35.1 Å². The van der Waals surface area contributed by atoms with Gasteiger partial charge in [-0.25, -0.2) is 4.99 Å². The van der Waals surface area contributed by atoms with E-state index in [0.717, 1.165) is 28.4 Å². The van der Waals surface area contributed by atoms with Gasteiger partial charge < -0.3 is 5.32 Å². The molecule has 7 rings (SSSR count). The van der Waals surface area contributed by atoms with E-state index in [0.29, 0.717) is 0 Å². The number of hydrogen-bond acceptors (Lipinski definition) is 4. The normalized spacial score (nSPS) is 18.7. The van der Waals surface area contributed by atoms with Gasteiger partial charge in [0.25, 0.3) is 0 Å². The highest BCUT2D eigenvalue weighted by Gasteiger charge is 2.35. The van der Waals surface area contributed by atoms with E-state index in [1.807, 2.05) is 36.2 Å². The van der Waals surface area contributed by atoms with Crippen LogP contribution in [0.1, 0.15) is 36.1 Å². The molecular weight excluding hydrogens is 482 g/mol. The monoisotopic (exact) mass is 509 g/mol. The molecule has 0 fully saturated rings. The van der Waals surface area contributed by atoms with Crippen molar-refractivity contribution in [2.75, 3.05) is 0 Å². The molecule has 0 radical (unpaired) electrons. The molecule has 4 aromatic rings. The lowest BCUT2D eigenvalue weighted by molar-refractivity contribution is 0.606. The lowest BCUT2D eigenvalue weighted by atomic mass is 9.77. The Balaban J connectivity index is 1.39. The number of nitrogens with zero attached hydrogens (tertiary/aromatic N) is 2. The van der Waals surface area contributed by atoms with Crippen molar-refractivity contribution in [3.8, 4) is 11.3 Å². The van der Waals surface area contributed by atoms with Gasteiger partial charge in [0.05, 0.1) is 17.4 Å². The molecule has 3 aromatic carbocycles. The minimum absolute atomic E-state index is 0.0609. The number of nitrogens with one attached hydrogen (secondary N) is 1. The van der Waals surface area contributed by atoms with Crippen LogP contribution in [0.4, 0.5) is 0 Å². The lowest BCUT2D eigenvalue weighted by Crippen LogP contribution is -2.39. The van der Waals surface area contributed by atoms with Gasteiger partial charge in [0.15, 0.2) is 0 Å². The Morgan fingerprint density at radius 3 is 2.53 bits per heavy atom. The van der Waals surface area contributed by atoms with Gasteiger partial charge in [-0.15, -0.1) is 0 Å². The fourth-order valence-corrected chi connectivity index (χ4v) is 7.13. The van der Waals surface area contributed by atoms with Gasteiger partial charge in [-0.2, -0.15) is 0 Å². The fourth-order valence-electron chi connectivity index (χ4n) is 5.63. The molecule has 3 nitrogen and oxygen atoms in total. The Morgan fingerprint density at radius 1 is 0.816 bits per heavy atom. The molecule has 3 aliphatic rings. The van der Waals surface area contributed by atoms with E-state index in [2.05, 4.69) is 115 Å². The van der Waals surface area contributed by atoms with Crippen molar-refractivity contribution < 1.29 is 0 Å². The third-order valence-corrected chi connectivity index (χ3v) is 8.85. The van der Waals surface area contributed by atoms with E-state index >= 15 is 0 Å². The fraction of sp³-hybridized carbons (Fsp3) is 0.118. The molecule has 0 saturated carbocycles. The van der Waals surface area contributed by atoms with Crippen LogP contribution in [-0.2, 0) is 5.41 Å². The van der Waals surface area contributed by atoms with Gasteiger partial charge in [0.1, 0.15) is 5.84 Å². The van der Waals surface area contributed by atoms with Crippen LogP contribution < -0.4 is 5.32 Å². The van der Waals surface area contributed by atoms with Gasteiger partial charge in [-0.1, -0.05) is 111 Å². The average Bonchev–Trinajstić information content (AvgIpc) is 2.97. The summed E-state index contributed by atoms with van der Waals surface area (Å²) in [6.07, 6.45) is 10.5. The van der Waals surface area contributed by atoms with Gasteiger partial charge in [0.2, 0.25) is 0 Å². The second kappa shape index (κ2) is 9.00. The van der Waals surface area contributed by atoms with E-state index in [-0.39, 0.29) is 11.5 Å². The van der Waals surface area contributed by atoms with E-state index in [1.54, 1.807) is 0 Å². The van der Waals surface area contributed by atoms with Crippen molar-refractivity contribution in [1.29, 1.82) is 0 Å². The third-order valence-electron chi connectivity index (χ3n) is 7.63. The Hall–Kier alpha value is -4.15. The summed E-state index contributed by atoms with van der Waals surface area (Å²) < 4.78 is 0. The van der Waals surface area contributed by atoms with Crippen LogP contribution in [0.2, 0.25) is 0 Å². The first kappa shape index (κ1) is 23.0. The second-order valence-electron chi connectivity index (χ2n) is 10.3. The highest BCUT2D eigenvalue weighted by atomic mass is 32.2. The van der Waals surface area contributed by atoms with E-state index < -0.39 is 0 Å². The van der Waals surface area contributed by atoms with Gasteiger partial charge in [-0.3, -0.25) is 4.98 Å². The minimum Gasteiger partial charge on any atom is -0.359 e. The standard InChI is InChI=1S/C34H27N3S/c1-34(2)26-15-4-6-19-30(26)38-32-25(14-10-16-27(32)34)31-24-13-3-5-18-29(24)36-33(37-31)23-12-9-11-22(21-23)28-17-7-8-20-35-28/h3-21,29H,1-2H3,(H,36,37). The lowest BCUT2D eigenvalue weighted by Gasteiger charge is -2.36. The van der Waals surface area contributed by atoms with Crippen LogP contribution in [0.25, 0.3) is 17.0 Å². The number of amidine groups is 1. The Morgan fingerprint density at radius 2 is 1.63 bits per heavy atom. The molecule has 2 aliphatic heterocycles. The minimum atomic E-state index is -0.0867. The number of allylic oxidation sites excluding steroid dienone is 2. The molecule has 0 bridgehead atoms. The summed E-state index contributed by atoms with van der Waals surface area (Å²) in [7, 11) is 0.